The van der Waals surface area contributed by atoms with Gasteiger partial charge < -0.3 is 14.6 Å². The van der Waals surface area contributed by atoms with Gasteiger partial charge in [0.15, 0.2) is 0 Å². The SMILES string of the molecule is COc1cccc(S(=O)(=O)N(C)C[C@@H]2Oc3cc(C#CCC(C)C)ccc3S(=O)(=O)N([C@H](C)CO)C[C@@H]2C)c1. The Balaban J connectivity index is 2.04. The molecule has 0 saturated carbocycles. The van der Waals surface area contributed by atoms with Crippen LogP contribution in [-0.2, 0) is 20.0 Å². The highest BCUT2D eigenvalue weighted by Gasteiger charge is 2.39. The molecular formula is C28H38N2O7S2. The van der Waals surface area contributed by atoms with Gasteiger partial charge in [-0.05, 0) is 43.2 Å². The molecule has 0 saturated heterocycles. The van der Waals surface area contributed by atoms with Gasteiger partial charge in [-0.15, -0.1) is 0 Å². The maximum atomic E-state index is 13.7. The number of rotatable bonds is 8. The van der Waals surface area contributed by atoms with Crippen molar-refractivity contribution in [2.45, 2.75) is 56.1 Å². The van der Waals surface area contributed by atoms with E-state index in [-0.39, 0.29) is 35.2 Å². The smallest absolute Gasteiger partial charge is 0.247 e. The number of aliphatic hydroxyl groups excluding tert-OH is 1. The molecule has 0 bridgehead atoms. The minimum Gasteiger partial charge on any atom is -0.497 e. The second kappa shape index (κ2) is 12.7. The zero-order valence-corrected chi connectivity index (χ0v) is 24.9. The van der Waals surface area contributed by atoms with Gasteiger partial charge in [0.2, 0.25) is 20.0 Å². The molecule has 1 aliphatic heterocycles. The standard InChI is InChI=1S/C28H38N2O7S2/c1-20(2)9-7-10-23-13-14-28-26(15-23)37-27(21(3)17-30(22(4)19-31)39(28,34)35)18-29(5)38(32,33)25-12-8-11-24(16-25)36-6/h8,11-16,20-22,27,31H,9,17-19H2,1-6H3/t21-,22+,27-/m0/s1. The van der Waals surface area contributed by atoms with Crippen molar-refractivity contribution in [1.82, 2.24) is 8.61 Å². The minimum absolute atomic E-state index is 0.0369. The topological polar surface area (TPSA) is 113 Å². The molecule has 1 aliphatic rings. The van der Waals surface area contributed by atoms with Gasteiger partial charge in [-0.25, -0.2) is 16.8 Å². The summed E-state index contributed by atoms with van der Waals surface area (Å²) in [6.07, 6.45) is -0.0122. The highest BCUT2D eigenvalue weighted by Crippen LogP contribution is 2.34. The molecule has 39 heavy (non-hydrogen) atoms. The Morgan fingerprint density at radius 2 is 1.92 bits per heavy atom. The second-order valence-corrected chi connectivity index (χ2v) is 14.2. The van der Waals surface area contributed by atoms with Crippen LogP contribution in [0.4, 0.5) is 0 Å². The summed E-state index contributed by atoms with van der Waals surface area (Å²) in [6.45, 7) is 7.19. The van der Waals surface area contributed by atoms with Gasteiger partial charge in [-0.2, -0.15) is 8.61 Å². The minimum atomic E-state index is -4.01. The lowest BCUT2D eigenvalue weighted by Crippen LogP contribution is -2.50. The molecule has 0 radical (unpaired) electrons. The van der Waals surface area contributed by atoms with Crippen LogP contribution in [-0.4, -0.2) is 76.6 Å². The first-order valence-electron chi connectivity index (χ1n) is 12.8. The Morgan fingerprint density at radius 1 is 1.21 bits per heavy atom. The van der Waals surface area contributed by atoms with E-state index in [0.717, 1.165) is 0 Å². The number of methoxy groups -OCH3 is 1. The number of ether oxygens (including phenoxy) is 2. The maximum absolute atomic E-state index is 13.7. The average Bonchev–Trinajstić information content (AvgIpc) is 2.89. The van der Waals surface area contributed by atoms with Gasteiger partial charge in [0.05, 0.1) is 25.2 Å². The first kappa shape index (κ1) is 30.9. The number of hydrogen-bond acceptors (Lipinski definition) is 7. The monoisotopic (exact) mass is 578 g/mol. The summed E-state index contributed by atoms with van der Waals surface area (Å²) < 4.78 is 68.0. The third kappa shape index (κ3) is 7.13. The molecule has 3 rings (SSSR count). The van der Waals surface area contributed by atoms with Crippen LogP contribution in [0.25, 0.3) is 0 Å². The summed E-state index contributed by atoms with van der Waals surface area (Å²) >= 11 is 0. The Hall–Kier alpha value is -2.62. The highest BCUT2D eigenvalue weighted by atomic mass is 32.2. The van der Waals surface area contributed by atoms with Crippen LogP contribution in [0.2, 0.25) is 0 Å². The summed E-state index contributed by atoms with van der Waals surface area (Å²) in [7, 11) is -4.99. The van der Waals surface area contributed by atoms with Crippen molar-refractivity contribution in [1.29, 1.82) is 0 Å². The normalized spacial score (nSPS) is 20.2. The van der Waals surface area contributed by atoms with Crippen LogP contribution >= 0.6 is 0 Å². The quantitative estimate of drug-likeness (QED) is 0.479. The molecule has 0 unspecified atom stereocenters. The first-order chi connectivity index (χ1) is 18.3. The lowest BCUT2D eigenvalue weighted by atomic mass is 10.0. The molecule has 1 N–H and O–H groups in total. The van der Waals surface area contributed by atoms with Crippen LogP contribution in [0, 0.1) is 23.7 Å². The van der Waals surface area contributed by atoms with E-state index < -0.39 is 38.1 Å². The number of benzene rings is 2. The van der Waals surface area contributed by atoms with E-state index in [9.17, 15) is 21.9 Å². The summed E-state index contributed by atoms with van der Waals surface area (Å²) in [5, 5.41) is 9.84. The third-order valence-electron chi connectivity index (χ3n) is 6.60. The van der Waals surface area contributed by atoms with Gasteiger partial charge in [0.1, 0.15) is 22.5 Å². The number of fused-ring (bicyclic) bond motifs is 1. The van der Waals surface area contributed by atoms with Crippen LogP contribution in [0.5, 0.6) is 11.5 Å². The fourth-order valence-corrected chi connectivity index (χ4v) is 7.22. The van der Waals surface area contributed by atoms with Crippen molar-refractivity contribution >= 4 is 20.0 Å². The molecule has 3 atom stereocenters. The second-order valence-electron chi connectivity index (χ2n) is 10.3. The van der Waals surface area contributed by atoms with E-state index in [0.29, 0.717) is 23.7 Å². The van der Waals surface area contributed by atoms with Crippen molar-refractivity contribution in [2.75, 3.05) is 33.9 Å². The molecule has 0 aromatic heterocycles. The van der Waals surface area contributed by atoms with Gasteiger partial charge in [0.25, 0.3) is 0 Å². The first-order valence-corrected chi connectivity index (χ1v) is 15.7. The van der Waals surface area contributed by atoms with E-state index in [1.807, 2.05) is 0 Å². The molecule has 9 nitrogen and oxygen atoms in total. The van der Waals surface area contributed by atoms with Crippen molar-refractivity contribution in [3.8, 4) is 23.3 Å². The van der Waals surface area contributed by atoms with Gasteiger partial charge >= 0.3 is 0 Å². The molecule has 0 aliphatic carbocycles. The Labute approximate surface area is 232 Å². The predicted molar refractivity (Wildman–Crippen MR) is 150 cm³/mol. The predicted octanol–water partition coefficient (Wildman–Crippen LogP) is 3.18. The zero-order chi connectivity index (χ0) is 29.0. The van der Waals surface area contributed by atoms with E-state index in [4.69, 9.17) is 9.47 Å². The fourth-order valence-electron chi connectivity index (χ4n) is 4.17. The molecule has 2 aromatic carbocycles. The van der Waals surface area contributed by atoms with Crippen molar-refractivity contribution in [3.05, 3.63) is 48.0 Å². The molecule has 0 fully saturated rings. The Morgan fingerprint density at radius 3 is 2.56 bits per heavy atom. The van der Waals surface area contributed by atoms with Crippen LogP contribution in [0.3, 0.4) is 0 Å². The summed E-state index contributed by atoms with van der Waals surface area (Å²) in [4.78, 5) is 0.0245. The van der Waals surface area contributed by atoms with Gasteiger partial charge in [-0.1, -0.05) is 38.7 Å². The van der Waals surface area contributed by atoms with Gasteiger partial charge in [-0.3, -0.25) is 0 Å². The number of sulfonamides is 2. The fraction of sp³-hybridized carbons (Fsp3) is 0.500. The maximum Gasteiger partial charge on any atom is 0.247 e. The Bertz CT molecular complexity index is 1430. The number of likely N-dealkylation sites (N-methyl/N-ethyl adjacent to an activating group) is 1. The number of hydrogen-bond donors (Lipinski definition) is 1. The van der Waals surface area contributed by atoms with Gasteiger partial charge in [0, 0.05) is 43.6 Å². The summed E-state index contributed by atoms with van der Waals surface area (Å²) in [5.74, 6) is 6.65. The average molecular weight is 579 g/mol. The number of aliphatic hydroxyl groups is 1. The summed E-state index contributed by atoms with van der Waals surface area (Å²) in [6, 6.07) is 10.2. The molecule has 2 aromatic rings. The van der Waals surface area contributed by atoms with E-state index in [1.165, 1.54) is 41.0 Å². The molecule has 0 amide bonds. The zero-order valence-electron chi connectivity index (χ0n) is 23.3. The van der Waals surface area contributed by atoms with Crippen LogP contribution in [0.1, 0.15) is 39.7 Å². The molecule has 1 heterocycles. The lowest BCUT2D eigenvalue weighted by Gasteiger charge is -2.37. The Kier molecular flexibility index (Phi) is 10.1. The lowest BCUT2D eigenvalue weighted by molar-refractivity contribution is 0.0904. The van der Waals surface area contributed by atoms with Crippen molar-refractivity contribution < 1.29 is 31.4 Å². The van der Waals surface area contributed by atoms with Crippen LogP contribution < -0.4 is 9.47 Å². The summed E-state index contributed by atoms with van der Waals surface area (Å²) in [5.41, 5.74) is 0.593. The molecule has 214 valence electrons. The molecule has 0 spiro atoms. The van der Waals surface area contributed by atoms with E-state index in [1.54, 1.807) is 38.1 Å². The number of nitrogens with zero attached hydrogens (tertiary/aromatic N) is 2. The van der Waals surface area contributed by atoms with Crippen molar-refractivity contribution in [3.63, 3.8) is 0 Å². The molecular weight excluding hydrogens is 540 g/mol. The largest absolute Gasteiger partial charge is 0.497 e. The van der Waals surface area contributed by atoms with Crippen molar-refractivity contribution in [2.24, 2.45) is 11.8 Å². The molecule has 11 heteroatoms. The van der Waals surface area contributed by atoms with Crippen LogP contribution in [0.15, 0.2) is 52.3 Å². The van der Waals surface area contributed by atoms with E-state index >= 15 is 0 Å². The highest BCUT2D eigenvalue weighted by molar-refractivity contribution is 7.89. The van der Waals surface area contributed by atoms with E-state index in [2.05, 4.69) is 25.7 Å². The third-order valence-corrected chi connectivity index (χ3v) is 10.4.